The molecule has 0 saturated heterocycles. The average Bonchev–Trinajstić information content (AvgIpc) is 2.30. The molecule has 0 bridgehead atoms. The van der Waals surface area contributed by atoms with Crippen molar-refractivity contribution >= 4 is 21.7 Å². The highest BCUT2D eigenvalue weighted by atomic mass is 79.9. The Morgan fingerprint density at radius 1 is 1.46 bits per heavy atom. The van der Waals surface area contributed by atoms with Gasteiger partial charge in [-0.15, -0.1) is 0 Å². The van der Waals surface area contributed by atoms with Crippen LogP contribution in [0.4, 0.5) is 5.82 Å². The van der Waals surface area contributed by atoms with E-state index in [1.807, 2.05) is 0 Å². The highest BCUT2D eigenvalue weighted by molar-refractivity contribution is 9.10. The number of nitrogen functional groups attached to an aromatic ring is 1. The van der Waals surface area contributed by atoms with Crippen molar-refractivity contribution in [3.63, 3.8) is 0 Å². The van der Waals surface area contributed by atoms with Gasteiger partial charge in [-0.3, -0.25) is 0 Å². The summed E-state index contributed by atoms with van der Waals surface area (Å²) < 4.78 is 5.95. The maximum atomic E-state index is 5.57. The second kappa shape index (κ2) is 3.33. The summed E-state index contributed by atoms with van der Waals surface area (Å²) in [6.45, 7) is 8.57. The first-order chi connectivity index (χ1) is 5.84. The first-order valence-corrected chi connectivity index (χ1v) is 5.04. The number of hydrogen-bond acceptors (Lipinski definition) is 3. The summed E-state index contributed by atoms with van der Waals surface area (Å²) in [6, 6.07) is 0. The fourth-order valence-corrected chi connectivity index (χ4v) is 1.46. The van der Waals surface area contributed by atoms with E-state index in [4.69, 9.17) is 10.3 Å². The van der Waals surface area contributed by atoms with Crippen LogP contribution in [0.5, 0.6) is 0 Å². The zero-order chi connectivity index (χ0) is 10.2. The normalized spacial score (nSPS) is 14.5. The number of nitrogens with zero attached hydrogens (tertiary/aromatic N) is 1. The topological polar surface area (TPSA) is 52.0 Å². The van der Waals surface area contributed by atoms with Crippen molar-refractivity contribution in [3.05, 3.63) is 10.2 Å². The lowest BCUT2D eigenvalue weighted by Gasteiger charge is -2.24. The number of rotatable bonds is 1. The lowest BCUT2D eigenvalue weighted by molar-refractivity contribution is 0.268. The van der Waals surface area contributed by atoms with E-state index in [9.17, 15) is 0 Å². The fourth-order valence-electron chi connectivity index (χ4n) is 0.967. The van der Waals surface area contributed by atoms with Gasteiger partial charge >= 0.3 is 0 Å². The molecule has 74 valence electrons. The van der Waals surface area contributed by atoms with Gasteiger partial charge in [0.15, 0.2) is 11.6 Å². The highest BCUT2D eigenvalue weighted by Crippen LogP contribution is 2.39. The third kappa shape index (κ3) is 2.05. The van der Waals surface area contributed by atoms with Crippen LogP contribution in [-0.4, -0.2) is 5.16 Å². The summed E-state index contributed by atoms with van der Waals surface area (Å²) in [5, 5.41) is 3.71. The predicted molar refractivity (Wildman–Crippen MR) is 56.5 cm³/mol. The smallest absolute Gasteiger partial charge is 0.181 e. The van der Waals surface area contributed by atoms with Gasteiger partial charge in [-0.1, -0.05) is 32.9 Å². The summed E-state index contributed by atoms with van der Waals surface area (Å²) in [5.41, 5.74) is 5.72. The average molecular weight is 247 g/mol. The van der Waals surface area contributed by atoms with Crippen molar-refractivity contribution in [1.82, 2.24) is 5.16 Å². The lowest BCUT2D eigenvalue weighted by atomic mass is 9.81. The number of nitrogens with two attached hydrogens (primary N) is 1. The van der Waals surface area contributed by atoms with Crippen LogP contribution in [-0.2, 0) is 0 Å². The van der Waals surface area contributed by atoms with Crippen molar-refractivity contribution in [2.45, 2.75) is 33.6 Å². The van der Waals surface area contributed by atoms with Crippen molar-refractivity contribution < 1.29 is 4.52 Å². The Labute approximate surface area is 86.8 Å². The molecule has 1 rings (SSSR count). The molecule has 0 spiro atoms. The quantitative estimate of drug-likeness (QED) is 0.829. The number of anilines is 1. The number of halogens is 1. The van der Waals surface area contributed by atoms with E-state index >= 15 is 0 Å². The third-order valence-corrected chi connectivity index (χ3v) is 3.17. The van der Waals surface area contributed by atoms with E-state index in [2.05, 4.69) is 48.8 Å². The minimum absolute atomic E-state index is 0.147. The molecule has 1 atom stereocenters. The van der Waals surface area contributed by atoms with Crippen molar-refractivity contribution in [3.8, 4) is 0 Å². The third-order valence-electron chi connectivity index (χ3n) is 2.38. The summed E-state index contributed by atoms with van der Waals surface area (Å²) >= 11 is 3.36. The molecule has 1 heterocycles. The van der Waals surface area contributed by atoms with E-state index in [1.54, 1.807) is 0 Å². The Bertz CT molecular complexity index is 301. The molecule has 0 aromatic carbocycles. The fraction of sp³-hybridized carbons (Fsp3) is 0.667. The second-order valence-electron chi connectivity index (χ2n) is 4.33. The van der Waals surface area contributed by atoms with Gasteiger partial charge in [0.25, 0.3) is 0 Å². The summed E-state index contributed by atoms with van der Waals surface area (Å²) in [6.07, 6.45) is 0. The molecule has 0 saturated carbocycles. The van der Waals surface area contributed by atoms with E-state index in [1.165, 1.54) is 0 Å². The first kappa shape index (κ1) is 10.6. The van der Waals surface area contributed by atoms with E-state index in [0.29, 0.717) is 5.82 Å². The molecule has 1 aromatic rings. The minimum Gasteiger partial charge on any atom is -0.380 e. The molecule has 1 aromatic heterocycles. The molecule has 13 heavy (non-hydrogen) atoms. The molecule has 0 radical (unpaired) electrons. The van der Waals surface area contributed by atoms with Crippen LogP contribution in [0.25, 0.3) is 0 Å². The number of aromatic nitrogens is 1. The van der Waals surface area contributed by atoms with E-state index < -0.39 is 0 Å². The summed E-state index contributed by atoms with van der Waals surface area (Å²) in [4.78, 5) is 0. The van der Waals surface area contributed by atoms with Crippen LogP contribution in [0.1, 0.15) is 39.4 Å². The van der Waals surface area contributed by atoms with Crippen LogP contribution < -0.4 is 5.73 Å². The zero-order valence-electron chi connectivity index (χ0n) is 8.39. The first-order valence-electron chi connectivity index (χ1n) is 4.24. The largest absolute Gasteiger partial charge is 0.380 e. The van der Waals surface area contributed by atoms with Crippen LogP contribution in [0.2, 0.25) is 0 Å². The molecular formula is C9H15BrN2O. The Morgan fingerprint density at radius 3 is 2.31 bits per heavy atom. The Morgan fingerprint density at radius 2 is 2.00 bits per heavy atom. The standard InChI is InChI=1S/C9H15BrN2O/c1-5(9(2,3)4)7-6(10)8(11)12-13-7/h5H,1-4H3,(H2,11,12). The van der Waals surface area contributed by atoms with Crippen molar-refractivity contribution in [2.24, 2.45) is 5.41 Å². The molecule has 0 aliphatic heterocycles. The van der Waals surface area contributed by atoms with E-state index in [0.717, 1.165) is 10.2 Å². The molecule has 0 aliphatic rings. The summed E-state index contributed by atoms with van der Waals surface area (Å²) in [5.74, 6) is 1.53. The monoisotopic (exact) mass is 246 g/mol. The Kier molecular flexibility index (Phi) is 2.71. The van der Waals surface area contributed by atoms with Crippen molar-refractivity contribution in [2.75, 3.05) is 5.73 Å². The Balaban J connectivity index is 3.02. The maximum Gasteiger partial charge on any atom is 0.181 e. The van der Waals surface area contributed by atoms with Gasteiger partial charge in [-0.2, -0.15) is 0 Å². The van der Waals surface area contributed by atoms with E-state index in [-0.39, 0.29) is 11.3 Å². The van der Waals surface area contributed by atoms with Crippen LogP contribution in [0.3, 0.4) is 0 Å². The maximum absolute atomic E-state index is 5.57. The molecule has 2 N–H and O–H groups in total. The molecule has 0 fully saturated rings. The SMILES string of the molecule is CC(c1onc(N)c1Br)C(C)(C)C. The molecule has 4 heteroatoms. The predicted octanol–water partition coefficient (Wildman–Crippen LogP) is 3.17. The van der Waals surface area contributed by atoms with Gasteiger partial charge < -0.3 is 10.3 Å². The number of hydrogen-bond donors (Lipinski definition) is 1. The van der Waals surface area contributed by atoms with Crippen LogP contribution in [0.15, 0.2) is 9.00 Å². The molecule has 1 unspecified atom stereocenters. The van der Waals surface area contributed by atoms with Crippen molar-refractivity contribution in [1.29, 1.82) is 0 Å². The molecule has 0 aliphatic carbocycles. The van der Waals surface area contributed by atoms with Gasteiger partial charge in [0.2, 0.25) is 0 Å². The lowest BCUT2D eigenvalue weighted by Crippen LogP contribution is -2.15. The Hall–Kier alpha value is -0.510. The summed E-state index contributed by atoms with van der Waals surface area (Å²) in [7, 11) is 0. The van der Waals surface area contributed by atoms with Gasteiger partial charge in [-0.05, 0) is 21.3 Å². The van der Waals surface area contributed by atoms with Gasteiger partial charge in [-0.25, -0.2) is 0 Å². The zero-order valence-corrected chi connectivity index (χ0v) is 9.97. The van der Waals surface area contributed by atoms with Gasteiger partial charge in [0.05, 0.1) is 0 Å². The molecular weight excluding hydrogens is 232 g/mol. The minimum atomic E-state index is 0.147. The van der Waals surface area contributed by atoms with Gasteiger partial charge in [0.1, 0.15) is 4.47 Å². The molecule has 0 amide bonds. The van der Waals surface area contributed by atoms with Crippen LogP contribution >= 0.6 is 15.9 Å². The molecule has 3 nitrogen and oxygen atoms in total. The van der Waals surface area contributed by atoms with Gasteiger partial charge in [0, 0.05) is 5.92 Å². The second-order valence-corrected chi connectivity index (χ2v) is 5.13. The highest BCUT2D eigenvalue weighted by Gasteiger charge is 2.28. The van der Waals surface area contributed by atoms with Crippen LogP contribution in [0, 0.1) is 5.41 Å².